The molecule has 8 nitrogen and oxygen atoms in total. The predicted molar refractivity (Wildman–Crippen MR) is 115 cm³/mol. The first kappa shape index (κ1) is 21.7. The van der Waals surface area contributed by atoms with E-state index >= 15 is 0 Å². The van der Waals surface area contributed by atoms with E-state index in [0.29, 0.717) is 26.3 Å². The average molecular weight is 429 g/mol. The molecule has 1 unspecified atom stereocenters. The van der Waals surface area contributed by atoms with Gasteiger partial charge >= 0.3 is 5.97 Å². The maximum absolute atomic E-state index is 13.0. The number of aromatic nitrogens is 2. The van der Waals surface area contributed by atoms with E-state index in [1.807, 2.05) is 31.2 Å². The van der Waals surface area contributed by atoms with Crippen molar-refractivity contribution in [2.45, 2.75) is 26.8 Å². The third-order valence-corrected chi connectivity index (χ3v) is 5.96. The molecule has 9 heteroatoms. The molecule has 158 valence electrons. The van der Waals surface area contributed by atoms with Crippen molar-refractivity contribution >= 4 is 39.1 Å². The summed E-state index contributed by atoms with van der Waals surface area (Å²) in [6.45, 7) is 5.55. The molecule has 2 heterocycles. The van der Waals surface area contributed by atoms with Gasteiger partial charge in [-0.05, 0) is 38.0 Å². The zero-order chi connectivity index (χ0) is 21.8. The summed E-state index contributed by atoms with van der Waals surface area (Å²) >= 11 is 1.15. The van der Waals surface area contributed by atoms with Crippen molar-refractivity contribution in [2.75, 3.05) is 25.6 Å². The van der Waals surface area contributed by atoms with Crippen LogP contribution in [-0.4, -0.2) is 41.8 Å². The standard InChI is InChI=1S/C21H23N3O5S/c1-12-7-5-6-8-15(12)23-18(25)17-13(2)16-19(30-17)22-11-24(20(16)26)14(3)21(27)29-10-9-28-4/h5-8,11,14H,9-10H2,1-4H3,(H,23,25). The molecule has 1 N–H and O–H groups in total. The van der Waals surface area contributed by atoms with E-state index < -0.39 is 12.0 Å². The Labute approximate surface area is 177 Å². The number of nitrogens with zero attached hydrogens (tertiary/aromatic N) is 2. The molecule has 0 aliphatic heterocycles. The Morgan fingerprint density at radius 1 is 1.23 bits per heavy atom. The fourth-order valence-electron chi connectivity index (χ4n) is 2.98. The molecule has 0 radical (unpaired) electrons. The first-order valence-corrected chi connectivity index (χ1v) is 10.2. The maximum atomic E-state index is 13.0. The zero-order valence-corrected chi connectivity index (χ0v) is 18.0. The fraction of sp³-hybridized carbons (Fsp3) is 0.333. The van der Waals surface area contributed by atoms with Crippen molar-refractivity contribution in [1.29, 1.82) is 0 Å². The van der Waals surface area contributed by atoms with Crippen LogP contribution in [0.4, 0.5) is 5.69 Å². The van der Waals surface area contributed by atoms with Crippen molar-refractivity contribution in [3.05, 3.63) is 57.0 Å². The number of benzene rings is 1. The minimum Gasteiger partial charge on any atom is -0.462 e. The monoisotopic (exact) mass is 429 g/mol. The molecule has 30 heavy (non-hydrogen) atoms. The number of methoxy groups -OCH3 is 1. The molecule has 0 saturated heterocycles. The molecule has 0 spiro atoms. The van der Waals surface area contributed by atoms with Crippen LogP contribution in [-0.2, 0) is 14.3 Å². The second-order valence-electron chi connectivity index (χ2n) is 6.80. The number of ether oxygens (including phenoxy) is 2. The molecule has 1 aromatic carbocycles. The van der Waals surface area contributed by atoms with Crippen LogP contribution in [0.15, 0.2) is 35.4 Å². The van der Waals surface area contributed by atoms with E-state index in [0.717, 1.165) is 16.9 Å². The van der Waals surface area contributed by atoms with Crippen LogP contribution >= 0.6 is 11.3 Å². The summed E-state index contributed by atoms with van der Waals surface area (Å²) in [5, 5.41) is 3.21. The van der Waals surface area contributed by atoms with Crippen molar-refractivity contribution in [3.8, 4) is 0 Å². The number of aryl methyl sites for hydroxylation is 2. The highest BCUT2D eigenvalue weighted by molar-refractivity contribution is 7.20. The number of carbonyl (C=O) groups is 2. The maximum Gasteiger partial charge on any atom is 0.329 e. The lowest BCUT2D eigenvalue weighted by Crippen LogP contribution is -2.30. The molecule has 0 aliphatic rings. The van der Waals surface area contributed by atoms with Gasteiger partial charge in [0.1, 0.15) is 17.5 Å². The van der Waals surface area contributed by atoms with E-state index in [2.05, 4.69) is 10.3 Å². The van der Waals surface area contributed by atoms with Gasteiger partial charge in [0.25, 0.3) is 11.5 Å². The topological polar surface area (TPSA) is 99.5 Å². The van der Waals surface area contributed by atoms with Gasteiger partial charge in [0, 0.05) is 12.8 Å². The van der Waals surface area contributed by atoms with Gasteiger partial charge < -0.3 is 14.8 Å². The Bertz CT molecular complexity index is 1150. The van der Waals surface area contributed by atoms with E-state index in [4.69, 9.17) is 9.47 Å². The Hall–Kier alpha value is -3.04. The van der Waals surface area contributed by atoms with Gasteiger partial charge in [-0.1, -0.05) is 18.2 Å². The summed E-state index contributed by atoms with van der Waals surface area (Å²) < 4.78 is 11.2. The van der Waals surface area contributed by atoms with E-state index in [9.17, 15) is 14.4 Å². The first-order chi connectivity index (χ1) is 14.3. The number of esters is 1. The van der Waals surface area contributed by atoms with Crippen molar-refractivity contribution in [1.82, 2.24) is 9.55 Å². The summed E-state index contributed by atoms with van der Waals surface area (Å²) in [6, 6.07) is 6.60. The molecule has 3 rings (SSSR count). The van der Waals surface area contributed by atoms with E-state index in [1.54, 1.807) is 13.8 Å². The minimum atomic E-state index is -0.852. The molecule has 2 aromatic heterocycles. The predicted octanol–water partition coefficient (Wildman–Crippen LogP) is 3.08. The minimum absolute atomic E-state index is 0.102. The summed E-state index contributed by atoms with van der Waals surface area (Å²) in [7, 11) is 1.51. The van der Waals surface area contributed by atoms with Crippen LogP contribution in [0.25, 0.3) is 10.2 Å². The lowest BCUT2D eigenvalue weighted by Gasteiger charge is -2.13. The highest BCUT2D eigenvalue weighted by atomic mass is 32.1. The summed E-state index contributed by atoms with van der Waals surface area (Å²) in [6.07, 6.45) is 1.31. The molecule has 1 atom stereocenters. The fourth-order valence-corrected chi connectivity index (χ4v) is 4.02. The molecule has 0 fully saturated rings. The van der Waals surface area contributed by atoms with Gasteiger partial charge in [0.2, 0.25) is 0 Å². The summed E-state index contributed by atoms with van der Waals surface area (Å²) in [5.74, 6) is -0.858. The SMILES string of the molecule is COCCOC(=O)C(C)n1cnc2sc(C(=O)Nc3ccccc3C)c(C)c2c1=O. The molecule has 0 aliphatic carbocycles. The molecule has 0 saturated carbocycles. The third-order valence-electron chi connectivity index (χ3n) is 4.77. The lowest BCUT2D eigenvalue weighted by molar-refractivity contribution is -0.148. The Kier molecular flexibility index (Phi) is 6.63. The quantitative estimate of drug-likeness (QED) is 0.458. The molecular weight excluding hydrogens is 406 g/mol. The number of carbonyl (C=O) groups excluding carboxylic acids is 2. The number of fused-ring (bicyclic) bond motifs is 1. The number of nitrogens with one attached hydrogen (secondary N) is 1. The van der Waals surface area contributed by atoms with E-state index in [-0.39, 0.29) is 24.7 Å². The molecule has 0 bridgehead atoms. The average Bonchev–Trinajstić information content (AvgIpc) is 3.07. The molecular formula is C21H23N3O5S. The van der Waals surface area contributed by atoms with Gasteiger partial charge in [0.05, 0.1) is 23.2 Å². The van der Waals surface area contributed by atoms with Crippen LogP contribution < -0.4 is 10.9 Å². The number of hydrogen-bond donors (Lipinski definition) is 1. The Morgan fingerprint density at radius 2 is 1.97 bits per heavy atom. The number of anilines is 1. The zero-order valence-electron chi connectivity index (χ0n) is 17.2. The van der Waals surface area contributed by atoms with Crippen molar-refractivity contribution < 1.29 is 19.1 Å². The number of thiophene rings is 1. The largest absolute Gasteiger partial charge is 0.462 e. The molecule has 3 aromatic rings. The van der Waals surface area contributed by atoms with Crippen LogP contribution in [0, 0.1) is 13.8 Å². The van der Waals surface area contributed by atoms with Crippen molar-refractivity contribution in [2.24, 2.45) is 0 Å². The normalized spacial score (nSPS) is 12.0. The number of para-hydroxylation sites is 1. The van der Waals surface area contributed by atoms with Gasteiger partial charge in [-0.15, -0.1) is 11.3 Å². The highest BCUT2D eigenvalue weighted by Gasteiger charge is 2.23. The second kappa shape index (κ2) is 9.19. The smallest absolute Gasteiger partial charge is 0.329 e. The number of amides is 1. The van der Waals surface area contributed by atoms with Gasteiger partial charge in [-0.25, -0.2) is 9.78 Å². The second-order valence-corrected chi connectivity index (χ2v) is 7.80. The number of hydrogen-bond acceptors (Lipinski definition) is 7. The van der Waals surface area contributed by atoms with Crippen LogP contribution in [0.2, 0.25) is 0 Å². The Balaban J connectivity index is 1.92. The van der Waals surface area contributed by atoms with Crippen LogP contribution in [0.3, 0.4) is 0 Å². The highest BCUT2D eigenvalue weighted by Crippen LogP contribution is 2.28. The first-order valence-electron chi connectivity index (χ1n) is 9.38. The van der Waals surface area contributed by atoms with Crippen LogP contribution in [0.1, 0.15) is 33.8 Å². The third kappa shape index (κ3) is 4.27. The summed E-state index contributed by atoms with van der Waals surface area (Å²) in [5.41, 5.74) is 1.79. The van der Waals surface area contributed by atoms with Gasteiger partial charge in [-0.2, -0.15) is 0 Å². The van der Waals surface area contributed by atoms with Crippen molar-refractivity contribution in [3.63, 3.8) is 0 Å². The Morgan fingerprint density at radius 3 is 2.67 bits per heavy atom. The van der Waals surface area contributed by atoms with Crippen LogP contribution in [0.5, 0.6) is 0 Å². The molecule has 1 amide bonds. The van der Waals surface area contributed by atoms with Gasteiger partial charge in [0.15, 0.2) is 0 Å². The lowest BCUT2D eigenvalue weighted by atomic mass is 10.1. The summed E-state index contributed by atoms with van der Waals surface area (Å²) in [4.78, 5) is 43.2. The number of rotatable bonds is 7. The van der Waals surface area contributed by atoms with E-state index in [1.165, 1.54) is 18.0 Å². The van der Waals surface area contributed by atoms with Gasteiger partial charge in [-0.3, -0.25) is 14.2 Å².